The summed E-state index contributed by atoms with van der Waals surface area (Å²) < 4.78 is 10.3. The van der Waals surface area contributed by atoms with E-state index < -0.39 is 5.97 Å². The molecule has 0 bridgehead atoms. The van der Waals surface area contributed by atoms with Crippen molar-refractivity contribution < 1.29 is 23.9 Å². The molecule has 1 heterocycles. The first kappa shape index (κ1) is 23.3. The predicted octanol–water partition coefficient (Wildman–Crippen LogP) is 3.37. The zero-order valence-electron chi connectivity index (χ0n) is 18.4. The smallest absolute Gasteiger partial charge is 0.409 e. The van der Waals surface area contributed by atoms with Crippen molar-refractivity contribution in [2.75, 3.05) is 26.3 Å². The lowest BCUT2D eigenvalue weighted by atomic mass is 10.00. The fourth-order valence-electron chi connectivity index (χ4n) is 3.76. The van der Waals surface area contributed by atoms with Crippen LogP contribution < -0.4 is 5.32 Å². The van der Waals surface area contributed by atoms with E-state index in [1.807, 2.05) is 30.3 Å². The summed E-state index contributed by atoms with van der Waals surface area (Å²) in [6.07, 6.45) is 2.48. The highest BCUT2D eigenvalue weighted by Gasteiger charge is 2.25. The van der Waals surface area contributed by atoms with E-state index in [-0.39, 0.29) is 24.6 Å². The van der Waals surface area contributed by atoms with Gasteiger partial charge < -0.3 is 19.7 Å². The Kier molecular flexibility index (Phi) is 8.66. The molecule has 1 aliphatic rings. The van der Waals surface area contributed by atoms with Gasteiger partial charge in [0.2, 0.25) is 0 Å². The lowest BCUT2D eigenvalue weighted by Gasteiger charge is -2.31. The minimum atomic E-state index is -0.499. The minimum absolute atomic E-state index is 0.0509. The molecule has 2 aromatic rings. The molecule has 0 aliphatic carbocycles. The minimum Gasteiger partial charge on any atom is -0.452 e. The van der Waals surface area contributed by atoms with Crippen LogP contribution in [-0.4, -0.2) is 55.2 Å². The highest BCUT2D eigenvalue weighted by Crippen LogP contribution is 2.15. The monoisotopic (exact) mass is 438 g/mol. The van der Waals surface area contributed by atoms with Crippen molar-refractivity contribution in [1.29, 1.82) is 0 Å². The maximum atomic E-state index is 12.6. The van der Waals surface area contributed by atoms with Gasteiger partial charge in [0, 0.05) is 19.1 Å². The van der Waals surface area contributed by atoms with Crippen LogP contribution in [0.4, 0.5) is 4.79 Å². The number of piperidine rings is 1. The van der Waals surface area contributed by atoms with Crippen LogP contribution >= 0.6 is 0 Å². The topological polar surface area (TPSA) is 84.9 Å². The Labute approximate surface area is 188 Å². The van der Waals surface area contributed by atoms with Crippen LogP contribution in [0.15, 0.2) is 54.6 Å². The maximum Gasteiger partial charge on any atom is 0.409 e. The second-order valence-corrected chi connectivity index (χ2v) is 7.75. The van der Waals surface area contributed by atoms with Crippen molar-refractivity contribution in [3.63, 3.8) is 0 Å². The number of hydrogen-bond donors (Lipinski definition) is 1. The van der Waals surface area contributed by atoms with Crippen LogP contribution in [0.2, 0.25) is 0 Å². The zero-order valence-corrected chi connectivity index (χ0v) is 18.4. The number of ether oxygens (including phenoxy) is 2. The van der Waals surface area contributed by atoms with Crippen molar-refractivity contribution >= 4 is 18.0 Å². The largest absolute Gasteiger partial charge is 0.452 e. The number of likely N-dealkylation sites (tertiary alicyclic amines) is 1. The van der Waals surface area contributed by atoms with Crippen molar-refractivity contribution in [1.82, 2.24) is 10.2 Å². The number of aryl methyl sites for hydroxylation is 2. The van der Waals surface area contributed by atoms with Gasteiger partial charge in [-0.25, -0.2) is 9.59 Å². The number of hydrogen-bond acceptors (Lipinski definition) is 5. The van der Waals surface area contributed by atoms with Crippen LogP contribution in [0.1, 0.15) is 41.3 Å². The van der Waals surface area contributed by atoms with Gasteiger partial charge in [-0.15, -0.1) is 0 Å². The normalized spacial score (nSPS) is 14.0. The molecule has 0 radical (unpaired) electrons. The first-order valence-electron chi connectivity index (χ1n) is 11.1. The third-order valence-corrected chi connectivity index (χ3v) is 5.48. The molecule has 1 aliphatic heterocycles. The molecule has 7 nitrogen and oxygen atoms in total. The van der Waals surface area contributed by atoms with E-state index in [1.165, 1.54) is 5.56 Å². The van der Waals surface area contributed by atoms with Gasteiger partial charge in [0.25, 0.3) is 5.91 Å². The Morgan fingerprint density at radius 3 is 2.34 bits per heavy atom. The van der Waals surface area contributed by atoms with Gasteiger partial charge in [0.05, 0.1) is 12.2 Å². The van der Waals surface area contributed by atoms with Gasteiger partial charge in [-0.2, -0.15) is 0 Å². The Morgan fingerprint density at radius 1 is 0.938 bits per heavy atom. The van der Waals surface area contributed by atoms with Crippen molar-refractivity contribution in [3.8, 4) is 0 Å². The summed E-state index contributed by atoms with van der Waals surface area (Å²) in [6, 6.07) is 17.4. The molecule has 1 fully saturated rings. The van der Waals surface area contributed by atoms with Crippen LogP contribution in [0.25, 0.3) is 0 Å². The summed E-state index contributed by atoms with van der Waals surface area (Å²) in [5.74, 6) is -0.837. The van der Waals surface area contributed by atoms with E-state index >= 15 is 0 Å². The molecule has 0 unspecified atom stereocenters. The number of carbonyl (C=O) groups is 3. The van der Waals surface area contributed by atoms with E-state index in [2.05, 4.69) is 17.4 Å². The standard InChI is InChI=1S/C25H30N2O5/c1-2-31-25(30)27-16-14-21(15-17-27)26-23(28)18-32-24(29)22-11-7-6-10-20(22)13-12-19-8-4-3-5-9-19/h3-11,21H,2,12-18H2,1H3,(H,26,28). The summed E-state index contributed by atoms with van der Waals surface area (Å²) in [5, 5.41) is 2.88. The second-order valence-electron chi connectivity index (χ2n) is 7.75. The SMILES string of the molecule is CCOC(=O)N1CCC(NC(=O)COC(=O)c2ccccc2CCc2ccccc2)CC1. The summed E-state index contributed by atoms with van der Waals surface area (Å²) in [4.78, 5) is 38.2. The Morgan fingerprint density at radius 2 is 1.62 bits per heavy atom. The van der Waals surface area contributed by atoms with Gasteiger partial charge in [0.1, 0.15) is 0 Å². The van der Waals surface area contributed by atoms with E-state index in [4.69, 9.17) is 9.47 Å². The lowest BCUT2D eigenvalue weighted by Crippen LogP contribution is -2.47. The van der Waals surface area contributed by atoms with Crippen LogP contribution in [0.3, 0.4) is 0 Å². The molecule has 0 atom stereocenters. The third kappa shape index (κ3) is 6.83. The van der Waals surface area contributed by atoms with Crippen LogP contribution in [-0.2, 0) is 27.1 Å². The number of carbonyl (C=O) groups excluding carboxylic acids is 3. The third-order valence-electron chi connectivity index (χ3n) is 5.48. The van der Waals surface area contributed by atoms with E-state index in [9.17, 15) is 14.4 Å². The van der Waals surface area contributed by atoms with Crippen LogP contribution in [0.5, 0.6) is 0 Å². The molecule has 3 rings (SSSR count). The van der Waals surface area contributed by atoms with E-state index in [0.29, 0.717) is 44.5 Å². The molecule has 0 spiro atoms. The number of rotatable bonds is 8. The zero-order chi connectivity index (χ0) is 22.8. The Balaban J connectivity index is 1.44. The molecule has 2 aromatic carbocycles. The van der Waals surface area contributed by atoms with Gasteiger partial charge in [-0.3, -0.25) is 4.79 Å². The quantitative estimate of drug-likeness (QED) is 0.639. The summed E-state index contributed by atoms with van der Waals surface area (Å²) >= 11 is 0. The number of esters is 1. The Bertz CT molecular complexity index is 908. The van der Waals surface area contributed by atoms with Crippen molar-refractivity contribution in [2.45, 2.75) is 38.6 Å². The molecule has 32 heavy (non-hydrogen) atoms. The molecule has 0 aromatic heterocycles. The molecule has 7 heteroatoms. The molecule has 1 N–H and O–H groups in total. The number of nitrogens with one attached hydrogen (secondary N) is 1. The predicted molar refractivity (Wildman–Crippen MR) is 120 cm³/mol. The summed E-state index contributed by atoms with van der Waals surface area (Å²) in [7, 11) is 0. The second kappa shape index (κ2) is 11.9. The average Bonchev–Trinajstić information content (AvgIpc) is 2.82. The maximum absolute atomic E-state index is 12.6. The molecular formula is C25H30N2O5. The fraction of sp³-hybridized carbons (Fsp3) is 0.400. The average molecular weight is 439 g/mol. The van der Waals surface area contributed by atoms with Crippen molar-refractivity contribution in [2.24, 2.45) is 0 Å². The number of benzene rings is 2. The molecule has 2 amide bonds. The van der Waals surface area contributed by atoms with E-state index in [1.54, 1.807) is 24.0 Å². The lowest BCUT2D eigenvalue weighted by molar-refractivity contribution is -0.125. The number of amides is 2. The Hall–Kier alpha value is -3.35. The molecule has 0 saturated carbocycles. The van der Waals surface area contributed by atoms with Gasteiger partial charge in [-0.1, -0.05) is 48.5 Å². The number of nitrogens with zero attached hydrogens (tertiary/aromatic N) is 1. The summed E-state index contributed by atoms with van der Waals surface area (Å²) in [5.41, 5.74) is 2.58. The summed E-state index contributed by atoms with van der Waals surface area (Å²) in [6.45, 7) is 2.84. The highest BCUT2D eigenvalue weighted by atomic mass is 16.6. The first-order chi connectivity index (χ1) is 15.6. The van der Waals surface area contributed by atoms with Crippen LogP contribution in [0, 0.1) is 0 Å². The molecular weight excluding hydrogens is 408 g/mol. The van der Waals surface area contributed by atoms with Crippen molar-refractivity contribution in [3.05, 3.63) is 71.3 Å². The van der Waals surface area contributed by atoms with Gasteiger partial charge in [-0.05, 0) is 49.8 Å². The first-order valence-corrected chi connectivity index (χ1v) is 11.1. The van der Waals surface area contributed by atoms with Gasteiger partial charge >= 0.3 is 12.1 Å². The molecule has 1 saturated heterocycles. The fourth-order valence-corrected chi connectivity index (χ4v) is 3.76. The molecule has 170 valence electrons. The van der Waals surface area contributed by atoms with E-state index in [0.717, 1.165) is 12.0 Å². The van der Waals surface area contributed by atoms with Gasteiger partial charge in [0.15, 0.2) is 6.61 Å². The highest BCUT2D eigenvalue weighted by molar-refractivity contribution is 5.92.